The molecule has 2 aromatic heterocycles. The van der Waals surface area contributed by atoms with Crippen molar-refractivity contribution < 1.29 is 4.39 Å². The van der Waals surface area contributed by atoms with Gasteiger partial charge >= 0.3 is 0 Å². The van der Waals surface area contributed by atoms with Gasteiger partial charge in [0.25, 0.3) is 0 Å². The molecule has 0 bridgehead atoms. The summed E-state index contributed by atoms with van der Waals surface area (Å²) in [6.07, 6.45) is 2.45. The van der Waals surface area contributed by atoms with E-state index in [1.165, 1.54) is 6.20 Å². The first-order chi connectivity index (χ1) is 13.8. The number of anilines is 2. The Morgan fingerprint density at radius 3 is 2.00 bits per heavy atom. The van der Waals surface area contributed by atoms with Gasteiger partial charge in [-0.2, -0.15) is 14.9 Å². The Morgan fingerprint density at radius 2 is 1.45 bits per heavy atom. The summed E-state index contributed by atoms with van der Waals surface area (Å²) in [5.74, 6) is -0.459. The number of pyridine rings is 2. The van der Waals surface area contributed by atoms with Crippen LogP contribution in [0.1, 0.15) is 16.7 Å². The van der Waals surface area contributed by atoms with Gasteiger partial charge < -0.3 is 5.32 Å². The second-order valence-corrected chi connectivity index (χ2v) is 6.96. The molecule has 3 rings (SSSR count). The van der Waals surface area contributed by atoms with Crippen molar-refractivity contribution in [2.75, 3.05) is 5.32 Å². The molecule has 0 aliphatic rings. The van der Waals surface area contributed by atoms with Crippen LogP contribution in [0.4, 0.5) is 15.9 Å². The zero-order valence-electron chi connectivity index (χ0n) is 14.6. The highest BCUT2D eigenvalue weighted by Gasteiger charge is 2.12. The summed E-state index contributed by atoms with van der Waals surface area (Å²) < 4.78 is 12.5. The standard InChI is InChI=1S/C13H9Cl2N3.C6HCl2FN2/c1-8-4-2-3-5-11(8)18-13-12(15)9(6-16)10(14)7-17-13;7-4-2-11-6(9)5(8)3(4)1-10/h2-5,7H,1H3,(H,17,18);2H. The van der Waals surface area contributed by atoms with Crippen molar-refractivity contribution in [3.8, 4) is 12.1 Å². The third-order valence-corrected chi connectivity index (χ3v) is 4.81. The van der Waals surface area contributed by atoms with E-state index in [0.717, 1.165) is 17.4 Å². The normalized spacial score (nSPS) is 9.66. The van der Waals surface area contributed by atoms with Crippen molar-refractivity contribution in [3.05, 3.63) is 79.4 Å². The molecule has 1 aromatic carbocycles. The Bertz CT molecular complexity index is 1140. The minimum Gasteiger partial charge on any atom is -0.339 e. The molecule has 10 heteroatoms. The van der Waals surface area contributed by atoms with Crippen LogP contribution in [0.5, 0.6) is 0 Å². The van der Waals surface area contributed by atoms with E-state index in [-0.39, 0.29) is 31.2 Å². The minimum atomic E-state index is -0.882. The molecule has 0 saturated heterocycles. The number of nitriles is 2. The maximum atomic E-state index is 12.5. The molecular formula is C19H10Cl4FN5. The summed E-state index contributed by atoms with van der Waals surface area (Å²) in [6, 6.07) is 11.4. The Balaban J connectivity index is 0.000000234. The molecule has 29 heavy (non-hydrogen) atoms. The molecule has 0 radical (unpaired) electrons. The lowest BCUT2D eigenvalue weighted by molar-refractivity contribution is 0.584. The number of hydrogen-bond acceptors (Lipinski definition) is 5. The molecule has 0 spiro atoms. The van der Waals surface area contributed by atoms with Gasteiger partial charge in [-0.1, -0.05) is 64.6 Å². The molecule has 0 fully saturated rings. The Hall–Kier alpha value is -2.61. The molecule has 5 nitrogen and oxygen atoms in total. The fourth-order valence-electron chi connectivity index (χ4n) is 2.04. The van der Waals surface area contributed by atoms with Crippen LogP contribution in [0.15, 0.2) is 36.7 Å². The maximum Gasteiger partial charge on any atom is 0.233 e. The van der Waals surface area contributed by atoms with Gasteiger partial charge in [0.15, 0.2) is 5.82 Å². The average molecular weight is 469 g/mol. The summed E-state index contributed by atoms with van der Waals surface area (Å²) in [5.41, 5.74) is 2.09. The Labute approximate surface area is 186 Å². The number of halogens is 5. The van der Waals surface area contributed by atoms with E-state index in [2.05, 4.69) is 15.3 Å². The lowest BCUT2D eigenvalue weighted by Gasteiger charge is -2.10. The van der Waals surface area contributed by atoms with Gasteiger partial charge in [0, 0.05) is 11.9 Å². The number of nitrogens with zero attached hydrogens (tertiary/aromatic N) is 4. The fourth-order valence-corrected chi connectivity index (χ4v) is 2.94. The van der Waals surface area contributed by atoms with Crippen LogP contribution < -0.4 is 5.32 Å². The van der Waals surface area contributed by atoms with Crippen LogP contribution in [0.2, 0.25) is 20.1 Å². The van der Waals surface area contributed by atoms with E-state index in [4.69, 9.17) is 56.9 Å². The molecule has 0 amide bonds. The average Bonchev–Trinajstić information content (AvgIpc) is 2.70. The van der Waals surface area contributed by atoms with Crippen LogP contribution in [-0.2, 0) is 0 Å². The maximum absolute atomic E-state index is 12.5. The summed E-state index contributed by atoms with van der Waals surface area (Å²) in [4.78, 5) is 7.30. The monoisotopic (exact) mass is 467 g/mol. The summed E-state index contributed by atoms with van der Waals surface area (Å²) in [6.45, 7) is 1.97. The van der Waals surface area contributed by atoms with Crippen molar-refractivity contribution in [1.82, 2.24) is 9.97 Å². The highest BCUT2D eigenvalue weighted by molar-refractivity contribution is 6.38. The van der Waals surface area contributed by atoms with Gasteiger partial charge in [-0.15, -0.1) is 0 Å². The number of hydrogen-bond donors (Lipinski definition) is 1. The third-order valence-electron chi connectivity index (χ3n) is 3.53. The zero-order valence-corrected chi connectivity index (χ0v) is 17.7. The van der Waals surface area contributed by atoms with Gasteiger partial charge in [-0.25, -0.2) is 9.97 Å². The van der Waals surface area contributed by atoms with Crippen molar-refractivity contribution >= 4 is 57.9 Å². The van der Waals surface area contributed by atoms with Gasteiger partial charge in [-0.3, -0.25) is 0 Å². The lowest BCUT2D eigenvalue weighted by atomic mass is 10.2. The molecule has 2 heterocycles. The van der Waals surface area contributed by atoms with Crippen LogP contribution >= 0.6 is 46.4 Å². The SMILES string of the molecule is Cc1ccccc1Nc1ncc(Cl)c(C#N)c1Cl.N#Cc1c(Cl)cnc(F)c1Cl. The molecular weight excluding hydrogens is 459 g/mol. The number of nitrogens with one attached hydrogen (secondary N) is 1. The minimum absolute atomic E-state index is 0.0545. The van der Waals surface area contributed by atoms with Crippen molar-refractivity contribution in [2.24, 2.45) is 0 Å². The highest BCUT2D eigenvalue weighted by atomic mass is 35.5. The zero-order chi connectivity index (χ0) is 21.6. The first kappa shape index (κ1) is 22.7. The van der Waals surface area contributed by atoms with Crippen molar-refractivity contribution in [3.63, 3.8) is 0 Å². The highest BCUT2D eigenvalue weighted by Crippen LogP contribution is 2.31. The van der Waals surface area contributed by atoms with Gasteiger partial charge in [-0.05, 0) is 18.6 Å². The fraction of sp³-hybridized carbons (Fsp3) is 0.0526. The van der Waals surface area contributed by atoms with E-state index in [1.807, 2.05) is 37.3 Å². The molecule has 0 atom stereocenters. The van der Waals surface area contributed by atoms with E-state index >= 15 is 0 Å². The molecule has 1 N–H and O–H groups in total. The summed E-state index contributed by atoms with van der Waals surface area (Å²) in [7, 11) is 0. The first-order valence-corrected chi connectivity index (χ1v) is 9.27. The van der Waals surface area contributed by atoms with Gasteiger partial charge in [0.1, 0.15) is 22.2 Å². The number of benzene rings is 1. The van der Waals surface area contributed by atoms with Gasteiger partial charge in [0.05, 0.1) is 27.4 Å². The quantitative estimate of drug-likeness (QED) is 0.422. The second kappa shape index (κ2) is 10.2. The Kier molecular flexibility index (Phi) is 8.01. The lowest BCUT2D eigenvalue weighted by Crippen LogP contribution is -1.98. The number of aromatic nitrogens is 2. The van der Waals surface area contributed by atoms with E-state index in [0.29, 0.717) is 5.82 Å². The molecule has 0 saturated carbocycles. The Morgan fingerprint density at radius 1 is 0.897 bits per heavy atom. The first-order valence-electron chi connectivity index (χ1n) is 7.76. The molecule has 0 aliphatic carbocycles. The van der Waals surface area contributed by atoms with Crippen LogP contribution in [0.3, 0.4) is 0 Å². The van der Waals surface area contributed by atoms with Crippen LogP contribution in [-0.4, -0.2) is 9.97 Å². The molecule has 3 aromatic rings. The molecule has 146 valence electrons. The van der Waals surface area contributed by atoms with Crippen molar-refractivity contribution in [1.29, 1.82) is 10.5 Å². The van der Waals surface area contributed by atoms with Gasteiger partial charge in [0.2, 0.25) is 5.95 Å². The number of para-hydroxylation sites is 1. The van der Waals surface area contributed by atoms with Crippen LogP contribution in [0.25, 0.3) is 0 Å². The number of rotatable bonds is 2. The van der Waals surface area contributed by atoms with Crippen molar-refractivity contribution in [2.45, 2.75) is 6.92 Å². The summed E-state index contributed by atoms with van der Waals surface area (Å²) >= 11 is 22.7. The van der Waals surface area contributed by atoms with E-state index in [9.17, 15) is 4.39 Å². The molecule has 0 unspecified atom stereocenters. The van der Waals surface area contributed by atoms with E-state index in [1.54, 1.807) is 6.07 Å². The van der Waals surface area contributed by atoms with Crippen LogP contribution in [0, 0.1) is 35.5 Å². The number of aryl methyl sites for hydroxylation is 1. The third kappa shape index (κ3) is 5.47. The second-order valence-electron chi connectivity index (χ2n) is 5.39. The predicted molar refractivity (Wildman–Crippen MR) is 112 cm³/mol. The predicted octanol–water partition coefficient (Wildman–Crippen LogP) is 6.71. The summed E-state index contributed by atoms with van der Waals surface area (Å²) in [5, 5.41) is 20.7. The molecule has 0 aliphatic heterocycles. The largest absolute Gasteiger partial charge is 0.339 e. The smallest absolute Gasteiger partial charge is 0.233 e. The van der Waals surface area contributed by atoms with E-state index < -0.39 is 5.95 Å². The topological polar surface area (TPSA) is 85.4 Å².